The molecule has 0 saturated carbocycles. The summed E-state index contributed by atoms with van der Waals surface area (Å²) < 4.78 is 11.6. The van der Waals surface area contributed by atoms with E-state index in [0.717, 1.165) is 69.4 Å². The van der Waals surface area contributed by atoms with E-state index in [1.54, 1.807) is 0 Å². The molecule has 1 amide bonds. The first-order valence-corrected chi connectivity index (χ1v) is 10.1. The number of nitrogens with zero attached hydrogens (tertiary/aromatic N) is 1. The topological polar surface area (TPSA) is 50.8 Å². The molecule has 0 aromatic heterocycles. The number of nitrogens with one attached hydrogen (secondary N) is 1. The quantitative estimate of drug-likeness (QED) is 0.810. The van der Waals surface area contributed by atoms with E-state index in [1.807, 2.05) is 23.1 Å². The average Bonchev–Trinajstić information content (AvgIpc) is 3.02. The summed E-state index contributed by atoms with van der Waals surface area (Å²) in [6.07, 6.45) is 4.06. The van der Waals surface area contributed by atoms with Gasteiger partial charge in [0.1, 0.15) is 0 Å². The predicted octanol–water partition coefficient (Wildman–Crippen LogP) is 3.34. The van der Waals surface area contributed by atoms with E-state index < -0.39 is 0 Å². The lowest BCUT2D eigenvalue weighted by atomic mass is 9.92. The normalized spacial score (nSPS) is 22.6. The SMILES string of the molecule is CCCOc1ccc(C(=O)N2CC[C@@H]3CNC[C@@H]3CC2)cc1OCCC. The van der Waals surface area contributed by atoms with Crippen molar-refractivity contribution in [3.05, 3.63) is 23.8 Å². The minimum absolute atomic E-state index is 0.112. The Kier molecular flexibility index (Phi) is 6.78. The van der Waals surface area contributed by atoms with Crippen molar-refractivity contribution in [1.29, 1.82) is 0 Å². The van der Waals surface area contributed by atoms with Gasteiger partial charge in [-0.2, -0.15) is 0 Å². The number of carbonyl (C=O) groups is 1. The van der Waals surface area contributed by atoms with Crippen molar-refractivity contribution in [1.82, 2.24) is 10.2 Å². The van der Waals surface area contributed by atoms with Crippen molar-refractivity contribution in [2.75, 3.05) is 39.4 Å². The van der Waals surface area contributed by atoms with Crippen molar-refractivity contribution in [2.24, 2.45) is 11.8 Å². The summed E-state index contributed by atoms with van der Waals surface area (Å²) >= 11 is 0. The van der Waals surface area contributed by atoms with Crippen LogP contribution in [0, 0.1) is 11.8 Å². The van der Waals surface area contributed by atoms with Crippen LogP contribution in [0.25, 0.3) is 0 Å². The first kappa shape index (κ1) is 19.0. The Morgan fingerprint density at radius 2 is 1.65 bits per heavy atom. The van der Waals surface area contributed by atoms with Gasteiger partial charge in [-0.15, -0.1) is 0 Å². The molecule has 144 valence electrons. The second-order valence-electron chi connectivity index (χ2n) is 7.41. The summed E-state index contributed by atoms with van der Waals surface area (Å²) in [4.78, 5) is 15.1. The zero-order valence-corrected chi connectivity index (χ0v) is 16.1. The minimum atomic E-state index is 0.112. The fourth-order valence-electron chi connectivity index (χ4n) is 3.90. The Bertz CT molecular complexity index is 591. The van der Waals surface area contributed by atoms with Gasteiger partial charge in [0.2, 0.25) is 0 Å². The van der Waals surface area contributed by atoms with Crippen LogP contribution in [-0.2, 0) is 0 Å². The zero-order chi connectivity index (χ0) is 18.4. The molecule has 0 unspecified atom stereocenters. The van der Waals surface area contributed by atoms with Crippen LogP contribution in [0.1, 0.15) is 49.9 Å². The molecule has 1 N–H and O–H groups in total. The summed E-state index contributed by atoms with van der Waals surface area (Å²) in [5, 5.41) is 3.48. The zero-order valence-electron chi connectivity index (χ0n) is 16.1. The number of fused-ring (bicyclic) bond motifs is 1. The number of rotatable bonds is 7. The van der Waals surface area contributed by atoms with Crippen molar-refractivity contribution in [3.8, 4) is 11.5 Å². The van der Waals surface area contributed by atoms with Crippen LogP contribution >= 0.6 is 0 Å². The first-order valence-electron chi connectivity index (χ1n) is 10.1. The van der Waals surface area contributed by atoms with E-state index in [4.69, 9.17) is 9.47 Å². The summed E-state index contributed by atoms with van der Waals surface area (Å²) in [6, 6.07) is 5.61. The van der Waals surface area contributed by atoms with Crippen LogP contribution in [0.2, 0.25) is 0 Å². The molecule has 2 aliphatic heterocycles. The lowest BCUT2D eigenvalue weighted by Gasteiger charge is -2.22. The van der Waals surface area contributed by atoms with E-state index in [0.29, 0.717) is 24.5 Å². The molecule has 1 aromatic carbocycles. The number of hydrogen-bond donors (Lipinski definition) is 1. The lowest BCUT2D eigenvalue weighted by Crippen LogP contribution is -2.32. The second-order valence-corrected chi connectivity index (χ2v) is 7.41. The summed E-state index contributed by atoms with van der Waals surface area (Å²) in [6.45, 7) is 9.33. The van der Waals surface area contributed by atoms with Crippen molar-refractivity contribution < 1.29 is 14.3 Å². The van der Waals surface area contributed by atoms with Crippen LogP contribution in [0.15, 0.2) is 18.2 Å². The van der Waals surface area contributed by atoms with E-state index >= 15 is 0 Å². The van der Waals surface area contributed by atoms with Gasteiger partial charge in [0.05, 0.1) is 13.2 Å². The first-order chi connectivity index (χ1) is 12.7. The molecule has 3 rings (SSSR count). The van der Waals surface area contributed by atoms with Gasteiger partial charge >= 0.3 is 0 Å². The van der Waals surface area contributed by atoms with Crippen LogP contribution < -0.4 is 14.8 Å². The molecule has 2 fully saturated rings. The molecule has 26 heavy (non-hydrogen) atoms. The molecule has 1 aromatic rings. The maximum absolute atomic E-state index is 13.0. The number of amides is 1. The Hall–Kier alpha value is -1.75. The van der Waals surface area contributed by atoms with Gasteiger partial charge < -0.3 is 19.7 Å². The molecule has 0 bridgehead atoms. The molecule has 0 radical (unpaired) electrons. The third-order valence-corrected chi connectivity index (χ3v) is 5.42. The predicted molar refractivity (Wildman–Crippen MR) is 103 cm³/mol. The molecule has 2 heterocycles. The third kappa shape index (κ3) is 4.50. The molecule has 5 heteroatoms. The maximum Gasteiger partial charge on any atom is 0.253 e. The van der Waals surface area contributed by atoms with E-state index in [9.17, 15) is 4.79 Å². The lowest BCUT2D eigenvalue weighted by molar-refractivity contribution is 0.0758. The maximum atomic E-state index is 13.0. The summed E-state index contributed by atoms with van der Waals surface area (Å²) in [5.74, 6) is 2.97. The van der Waals surface area contributed by atoms with Gasteiger partial charge in [0.25, 0.3) is 5.91 Å². The van der Waals surface area contributed by atoms with Crippen molar-refractivity contribution >= 4 is 5.91 Å². The van der Waals surface area contributed by atoms with Gasteiger partial charge in [-0.25, -0.2) is 0 Å². The Morgan fingerprint density at radius 1 is 1.04 bits per heavy atom. The molecular weight excluding hydrogens is 328 g/mol. The van der Waals surface area contributed by atoms with E-state index in [2.05, 4.69) is 19.2 Å². The molecule has 0 spiro atoms. The molecule has 2 saturated heterocycles. The Morgan fingerprint density at radius 3 is 2.27 bits per heavy atom. The van der Waals surface area contributed by atoms with Gasteiger partial charge in [0, 0.05) is 18.7 Å². The minimum Gasteiger partial charge on any atom is -0.490 e. The van der Waals surface area contributed by atoms with Crippen LogP contribution in [0.5, 0.6) is 11.5 Å². The van der Waals surface area contributed by atoms with Gasteiger partial charge in [-0.1, -0.05) is 13.8 Å². The highest BCUT2D eigenvalue weighted by Crippen LogP contribution is 2.31. The van der Waals surface area contributed by atoms with E-state index in [-0.39, 0.29) is 5.91 Å². The van der Waals surface area contributed by atoms with Gasteiger partial charge in [-0.05, 0) is 68.8 Å². The highest BCUT2D eigenvalue weighted by molar-refractivity contribution is 5.95. The van der Waals surface area contributed by atoms with E-state index in [1.165, 1.54) is 0 Å². The van der Waals surface area contributed by atoms with Crippen LogP contribution in [0.4, 0.5) is 0 Å². The number of carbonyl (C=O) groups excluding carboxylic acids is 1. The number of ether oxygens (including phenoxy) is 2. The molecule has 2 aliphatic rings. The second kappa shape index (κ2) is 9.26. The van der Waals surface area contributed by atoms with Crippen molar-refractivity contribution in [3.63, 3.8) is 0 Å². The largest absolute Gasteiger partial charge is 0.490 e. The highest BCUT2D eigenvalue weighted by Gasteiger charge is 2.31. The molecule has 5 nitrogen and oxygen atoms in total. The summed E-state index contributed by atoms with van der Waals surface area (Å²) in [5.41, 5.74) is 0.699. The highest BCUT2D eigenvalue weighted by atomic mass is 16.5. The number of benzene rings is 1. The Balaban J connectivity index is 1.71. The third-order valence-electron chi connectivity index (χ3n) is 5.42. The summed E-state index contributed by atoms with van der Waals surface area (Å²) in [7, 11) is 0. The smallest absolute Gasteiger partial charge is 0.253 e. The van der Waals surface area contributed by atoms with Crippen LogP contribution in [0.3, 0.4) is 0 Å². The van der Waals surface area contributed by atoms with Gasteiger partial charge in [0.15, 0.2) is 11.5 Å². The van der Waals surface area contributed by atoms with Crippen molar-refractivity contribution in [2.45, 2.75) is 39.5 Å². The monoisotopic (exact) mass is 360 g/mol. The fraction of sp³-hybridized carbons (Fsp3) is 0.667. The molecule has 0 aliphatic carbocycles. The van der Waals surface area contributed by atoms with Gasteiger partial charge in [-0.3, -0.25) is 4.79 Å². The standard InChI is InChI=1S/C21H32N2O3/c1-3-11-25-19-6-5-16(13-20(19)26-12-4-2)21(24)23-9-7-17-14-22-15-18(17)8-10-23/h5-6,13,17-18,22H,3-4,7-12,14-15H2,1-2H3/t17-,18+. The molecular formula is C21H32N2O3. The number of hydrogen-bond acceptors (Lipinski definition) is 4. The van der Waals surface area contributed by atoms with Crippen LogP contribution in [-0.4, -0.2) is 50.2 Å². The fourth-order valence-corrected chi connectivity index (χ4v) is 3.90. The average molecular weight is 360 g/mol. The Labute approximate surface area is 157 Å². The number of likely N-dealkylation sites (tertiary alicyclic amines) is 1. The molecule has 2 atom stereocenters.